The molecule has 130 valence electrons. The van der Waals surface area contributed by atoms with Crippen LogP contribution in [0, 0.1) is 0 Å². The summed E-state index contributed by atoms with van der Waals surface area (Å²) >= 11 is 1.04. The second-order valence-corrected chi connectivity index (χ2v) is 6.73. The molecule has 0 unspecified atom stereocenters. The Kier molecular flexibility index (Phi) is 5.44. The van der Waals surface area contributed by atoms with Crippen molar-refractivity contribution < 1.29 is 35.3 Å². The molecule has 24 heavy (non-hydrogen) atoms. The highest BCUT2D eigenvalue weighted by molar-refractivity contribution is 7.87. The van der Waals surface area contributed by atoms with Crippen molar-refractivity contribution in [1.29, 1.82) is 0 Å². The predicted molar refractivity (Wildman–Crippen MR) is 78.4 cm³/mol. The summed E-state index contributed by atoms with van der Waals surface area (Å²) in [5, 5.41) is 0.506. The van der Waals surface area contributed by atoms with Gasteiger partial charge >= 0.3 is 22.8 Å². The van der Waals surface area contributed by atoms with E-state index < -0.39 is 22.8 Å². The summed E-state index contributed by atoms with van der Waals surface area (Å²) in [7, 11) is -3.99. The van der Waals surface area contributed by atoms with Gasteiger partial charge in [-0.3, -0.25) is 0 Å². The summed E-state index contributed by atoms with van der Waals surface area (Å²) < 4.78 is 62.9. The number of esters is 1. The predicted octanol–water partition coefficient (Wildman–Crippen LogP) is 3.25. The van der Waals surface area contributed by atoms with Gasteiger partial charge in [0.1, 0.15) is 9.90 Å². The van der Waals surface area contributed by atoms with E-state index in [2.05, 4.69) is 4.98 Å². The fourth-order valence-corrected chi connectivity index (χ4v) is 3.57. The molecule has 2 aliphatic rings. The third kappa shape index (κ3) is 4.03. The Bertz CT molecular complexity index is 831. The van der Waals surface area contributed by atoms with Crippen molar-refractivity contribution in [3.63, 3.8) is 0 Å². The number of benzene rings is 1. The maximum atomic E-state index is 12.0. The maximum absolute atomic E-state index is 12.0. The third-order valence-electron chi connectivity index (χ3n) is 2.64. The highest BCUT2D eigenvalue weighted by Crippen LogP contribution is 2.36. The first-order chi connectivity index (χ1) is 11.2. The number of nitrogens with zero attached hydrogens (tertiary/aromatic N) is 1. The van der Waals surface area contributed by atoms with Crippen molar-refractivity contribution >= 4 is 27.4 Å². The van der Waals surface area contributed by atoms with Gasteiger partial charge in [-0.1, -0.05) is 12.1 Å². The Balaban J connectivity index is 0.000000471. The Morgan fingerprint density at radius 2 is 1.88 bits per heavy atom. The van der Waals surface area contributed by atoms with Crippen LogP contribution in [0.2, 0.25) is 0 Å². The monoisotopic (exact) mass is 381 g/mol. The highest BCUT2D eigenvalue weighted by atomic mass is 32.2. The second-order valence-electron chi connectivity index (χ2n) is 4.18. The fraction of sp³-hybridized carbons (Fsp3) is 0.231. The largest absolute Gasteiger partial charge is 0.462 e. The quantitative estimate of drug-likeness (QED) is 0.587. The number of hydrogen-bond donors (Lipinski definition) is 0. The molecule has 0 amide bonds. The SMILES string of the molecule is CCOC(=O)c1sc2nc1OS(=O)(=O)c1ccc-2cc1.FC(F)F. The van der Waals surface area contributed by atoms with Crippen LogP contribution in [0.3, 0.4) is 0 Å². The second kappa shape index (κ2) is 7.18. The van der Waals surface area contributed by atoms with Crippen molar-refractivity contribution in [3.05, 3.63) is 29.1 Å². The number of carbonyl (C=O) groups is 1. The molecule has 4 rings (SSSR count). The number of carbonyl (C=O) groups excluding carboxylic acids is 1. The van der Waals surface area contributed by atoms with E-state index in [0.29, 0.717) is 5.01 Å². The lowest BCUT2D eigenvalue weighted by Gasteiger charge is -2.06. The average Bonchev–Trinajstić information content (AvgIpc) is 2.92. The van der Waals surface area contributed by atoms with Crippen LogP contribution >= 0.6 is 11.3 Å². The molecule has 1 aromatic carbocycles. The molecule has 0 N–H and O–H groups in total. The smallest absolute Gasteiger partial charge is 0.379 e. The van der Waals surface area contributed by atoms with Crippen LogP contribution in [-0.2, 0) is 14.9 Å². The van der Waals surface area contributed by atoms with Gasteiger partial charge in [-0.15, -0.1) is 11.3 Å². The number of halogens is 3. The molecular formula is C13H10F3NO5S2. The number of thiazole rings is 1. The van der Waals surface area contributed by atoms with Crippen molar-refractivity contribution in [2.24, 2.45) is 0 Å². The molecule has 3 heterocycles. The molecule has 0 radical (unpaired) electrons. The number of fused-ring (bicyclic) bond motifs is 3. The van der Waals surface area contributed by atoms with Crippen molar-refractivity contribution in [2.45, 2.75) is 18.5 Å². The summed E-state index contributed by atoms with van der Waals surface area (Å²) in [6.07, 6.45) is 0. The van der Waals surface area contributed by atoms with Gasteiger partial charge in [0, 0.05) is 5.56 Å². The first kappa shape index (κ1) is 18.2. The van der Waals surface area contributed by atoms with Crippen LogP contribution in [-0.4, -0.2) is 32.7 Å². The Hall–Kier alpha value is -2.14. The molecule has 0 spiro atoms. The average molecular weight is 381 g/mol. The van der Waals surface area contributed by atoms with Gasteiger partial charge in [0.2, 0.25) is 0 Å². The van der Waals surface area contributed by atoms with Gasteiger partial charge in [-0.25, -0.2) is 4.79 Å². The zero-order valence-electron chi connectivity index (χ0n) is 12.0. The lowest BCUT2D eigenvalue weighted by atomic mass is 10.2. The molecule has 2 aromatic rings. The Labute approximate surface area is 139 Å². The summed E-state index contributed by atoms with van der Waals surface area (Å²) in [6.45, 7) is -1.82. The van der Waals surface area contributed by atoms with Gasteiger partial charge in [0.05, 0.1) is 6.61 Å². The topological polar surface area (TPSA) is 82.6 Å². The molecule has 2 aliphatic heterocycles. The lowest BCUT2D eigenvalue weighted by Crippen LogP contribution is -2.12. The number of aromatic nitrogens is 1. The van der Waals surface area contributed by atoms with Gasteiger partial charge < -0.3 is 8.92 Å². The van der Waals surface area contributed by atoms with Gasteiger partial charge in [0.15, 0.2) is 4.88 Å². The van der Waals surface area contributed by atoms with Crippen LogP contribution < -0.4 is 4.18 Å². The van der Waals surface area contributed by atoms with Crippen molar-refractivity contribution in [3.8, 4) is 16.5 Å². The van der Waals surface area contributed by atoms with Crippen molar-refractivity contribution in [2.75, 3.05) is 6.61 Å². The van der Waals surface area contributed by atoms with Crippen LogP contribution in [0.5, 0.6) is 5.88 Å². The highest BCUT2D eigenvalue weighted by Gasteiger charge is 2.28. The van der Waals surface area contributed by atoms with Gasteiger partial charge in [0.25, 0.3) is 5.88 Å². The molecule has 0 fully saturated rings. The van der Waals surface area contributed by atoms with Crippen LogP contribution in [0.1, 0.15) is 16.6 Å². The zero-order valence-corrected chi connectivity index (χ0v) is 13.7. The Morgan fingerprint density at radius 1 is 1.29 bits per heavy atom. The van der Waals surface area contributed by atoms with E-state index in [-0.39, 0.29) is 22.3 Å². The summed E-state index contributed by atoms with van der Waals surface area (Å²) in [6, 6.07) is 6.14. The van der Waals surface area contributed by atoms with E-state index in [9.17, 15) is 26.4 Å². The number of rotatable bonds is 2. The maximum Gasteiger partial charge on any atom is 0.379 e. The number of alkyl halides is 3. The third-order valence-corrected chi connectivity index (χ3v) is 4.93. The molecular weight excluding hydrogens is 371 g/mol. The zero-order chi connectivity index (χ0) is 17.9. The first-order valence-corrected chi connectivity index (χ1v) is 8.62. The normalized spacial score (nSPS) is 13.9. The number of hydrogen-bond acceptors (Lipinski definition) is 7. The van der Waals surface area contributed by atoms with Crippen molar-refractivity contribution in [1.82, 2.24) is 4.98 Å². The van der Waals surface area contributed by atoms with E-state index in [0.717, 1.165) is 16.9 Å². The van der Waals surface area contributed by atoms with E-state index >= 15 is 0 Å². The van der Waals surface area contributed by atoms with Crippen LogP contribution in [0.15, 0.2) is 29.2 Å². The molecule has 11 heteroatoms. The van der Waals surface area contributed by atoms with Crippen LogP contribution in [0.25, 0.3) is 10.6 Å². The van der Waals surface area contributed by atoms with Crippen LogP contribution in [0.4, 0.5) is 13.2 Å². The Morgan fingerprint density at radius 3 is 2.42 bits per heavy atom. The fourth-order valence-electron chi connectivity index (χ4n) is 1.73. The van der Waals surface area contributed by atoms with E-state index in [4.69, 9.17) is 8.92 Å². The van der Waals surface area contributed by atoms with E-state index in [1.54, 1.807) is 19.1 Å². The lowest BCUT2D eigenvalue weighted by molar-refractivity contribution is 0.00817. The van der Waals surface area contributed by atoms with Gasteiger partial charge in [-0.05, 0) is 19.1 Å². The standard InChI is InChI=1S/C12H9NO5S2.CHF3/c1-2-17-12(14)9-10-13-11(19-9)7-3-5-8(6-4-7)20(15,16)18-10;2-1(3)4/h3-6H,2H2,1H3;1H. The minimum Gasteiger partial charge on any atom is -0.462 e. The molecule has 0 saturated carbocycles. The number of ether oxygens (including phenoxy) is 1. The molecule has 4 bridgehead atoms. The minimum absolute atomic E-state index is 0.0188. The van der Waals surface area contributed by atoms with E-state index in [1.807, 2.05) is 0 Å². The first-order valence-electron chi connectivity index (χ1n) is 6.39. The molecule has 0 saturated heterocycles. The summed E-state index contributed by atoms with van der Waals surface area (Å²) in [5.74, 6) is -0.873. The van der Waals surface area contributed by atoms with E-state index in [1.165, 1.54) is 12.1 Å². The summed E-state index contributed by atoms with van der Waals surface area (Å²) in [4.78, 5) is 16.0. The summed E-state index contributed by atoms with van der Waals surface area (Å²) in [5.41, 5.74) is 0.719. The molecule has 0 atom stereocenters. The minimum atomic E-state index is -3.99. The van der Waals surface area contributed by atoms with Gasteiger partial charge in [-0.2, -0.15) is 26.6 Å². The molecule has 6 nitrogen and oxygen atoms in total. The molecule has 1 aromatic heterocycles. The molecule has 0 aliphatic carbocycles.